The average Bonchev–Trinajstić information content (AvgIpc) is 3.09. The molecule has 2 aliphatic rings. The van der Waals surface area contributed by atoms with Gasteiger partial charge in [0.2, 0.25) is 0 Å². The smallest absolute Gasteiger partial charge is 0.0780 e. The molecular formula is C14H16N2O. The fourth-order valence-electron chi connectivity index (χ4n) is 3.15. The summed E-state index contributed by atoms with van der Waals surface area (Å²) >= 11 is 0. The highest BCUT2D eigenvalue weighted by molar-refractivity contribution is 5.85. The molecule has 3 nitrogen and oxygen atoms in total. The van der Waals surface area contributed by atoms with Gasteiger partial charge < -0.3 is 10.2 Å². The summed E-state index contributed by atoms with van der Waals surface area (Å²) in [5.41, 5.74) is 3.88. The Labute approximate surface area is 100 Å². The highest BCUT2D eigenvalue weighted by atomic mass is 16.5. The Bertz CT molecular complexity index is 571. The Morgan fingerprint density at radius 2 is 2.06 bits per heavy atom. The van der Waals surface area contributed by atoms with Crippen LogP contribution in [0.15, 0.2) is 24.3 Å². The first-order chi connectivity index (χ1) is 8.34. The van der Waals surface area contributed by atoms with Gasteiger partial charge in [0.1, 0.15) is 0 Å². The lowest BCUT2D eigenvalue weighted by molar-refractivity contribution is -0.140. The zero-order valence-corrected chi connectivity index (χ0v) is 9.69. The van der Waals surface area contributed by atoms with Crippen LogP contribution in [0.5, 0.6) is 0 Å². The molecule has 0 bridgehead atoms. The molecule has 1 aliphatic carbocycles. The summed E-state index contributed by atoms with van der Waals surface area (Å²) in [5.74, 6) is 0.645. The first-order valence-corrected chi connectivity index (χ1v) is 6.39. The van der Waals surface area contributed by atoms with Gasteiger partial charge in [-0.25, -0.2) is 0 Å². The number of nitrogens with zero attached hydrogens (tertiary/aromatic N) is 1. The molecule has 1 aromatic heterocycles. The molecule has 17 heavy (non-hydrogen) atoms. The molecule has 1 saturated carbocycles. The minimum atomic E-state index is 0.200. The van der Waals surface area contributed by atoms with E-state index in [1.807, 2.05) is 0 Å². The molecule has 1 aromatic carbocycles. The monoisotopic (exact) mass is 228 g/mol. The molecule has 1 fully saturated rings. The van der Waals surface area contributed by atoms with Crippen molar-refractivity contribution in [3.8, 4) is 0 Å². The van der Waals surface area contributed by atoms with Gasteiger partial charge in [-0.05, 0) is 36.8 Å². The SMILES string of the molecule is ON1CCc2c([nH]c3ccccc23)C1C1CC1. The van der Waals surface area contributed by atoms with Crippen LogP contribution in [0.25, 0.3) is 10.9 Å². The van der Waals surface area contributed by atoms with E-state index in [0.717, 1.165) is 13.0 Å². The predicted molar refractivity (Wildman–Crippen MR) is 66.0 cm³/mol. The van der Waals surface area contributed by atoms with Crippen LogP contribution in [-0.2, 0) is 6.42 Å². The lowest BCUT2D eigenvalue weighted by Crippen LogP contribution is -2.33. The third kappa shape index (κ3) is 1.36. The maximum atomic E-state index is 10.1. The van der Waals surface area contributed by atoms with Crippen molar-refractivity contribution in [3.05, 3.63) is 35.5 Å². The fourth-order valence-corrected chi connectivity index (χ4v) is 3.15. The summed E-state index contributed by atoms with van der Waals surface area (Å²) < 4.78 is 0. The van der Waals surface area contributed by atoms with E-state index in [1.54, 1.807) is 0 Å². The van der Waals surface area contributed by atoms with E-state index in [4.69, 9.17) is 0 Å². The molecule has 2 aromatic rings. The summed E-state index contributed by atoms with van der Waals surface area (Å²) in [5, 5.41) is 12.9. The highest BCUT2D eigenvalue weighted by Gasteiger charge is 2.40. The Morgan fingerprint density at radius 3 is 2.88 bits per heavy atom. The molecule has 3 heteroatoms. The number of hydrogen-bond acceptors (Lipinski definition) is 2. The van der Waals surface area contributed by atoms with Gasteiger partial charge in [0.15, 0.2) is 0 Å². The van der Waals surface area contributed by atoms with Crippen LogP contribution < -0.4 is 0 Å². The van der Waals surface area contributed by atoms with Crippen LogP contribution >= 0.6 is 0 Å². The molecule has 0 amide bonds. The Hall–Kier alpha value is -1.32. The summed E-state index contributed by atoms with van der Waals surface area (Å²) in [6.45, 7) is 0.760. The number of aromatic amines is 1. The van der Waals surface area contributed by atoms with Crippen LogP contribution in [-0.4, -0.2) is 21.8 Å². The third-order valence-corrected chi connectivity index (χ3v) is 4.12. The number of rotatable bonds is 1. The van der Waals surface area contributed by atoms with Crippen molar-refractivity contribution in [1.82, 2.24) is 10.0 Å². The lowest BCUT2D eigenvalue weighted by atomic mass is 9.96. The first-order valence-electron chi connectivity index (χ1n) is 6.39. The number of benzene rings is 1. The maximum Gasteiger partial charge on any atom is 0.0780 e. The molecule has 2 N–H and O–H groups in total. The lowest BCUT2D eigenvalue weighted by Gasteiger charge is -2.30. The Balaban J connectivity index is 1.93. The van der Waals surface area contributed by atoms with Crippen molar-refractivity contribution in [1.29, 1.82) is 0 Å². The number of hydroxylamine groups is 2. The molecule has 1 atom stereocenters. The third-order valence-electron chi connectivity index (χ3n) is 4.12. The number of aromatic nitrogens is 1. The molecule has 0 saturated heterocycles. The predicted octanol–water partition coefficient (Wildman–Crippen LogP) is 2.87. The largest absolute Gasteiger partial charge is 0.357 e. The van der Waals surface area contributed by atoms with E-state index < -0.39 is 0 Å². The van der Waals surface area contributed by atoms with Crippen molar-refractivity contribution >= 4 is 10.9 Å². The normalized spacial score (nSPS) is 25.1. The molecule has 0 radical (unpaired) electrons. The van der Waals surface area contributed by atoms with E-state index in [1.165, 1.54) is 40.1 Å². The molecule has 1 unspecified atom stereocenters. The van der Waals surface area contributed by atoms with Gasteiger partial charge in [0.05, 0.1) is 6.04 Å². The quantitative estimate of drug-likeness (QED) is 0.787. The van der Waals surface area contributed by atoms with Crippen molar-refractivity contribution in [2.75, 3.05) is 6.54 Å². The number of hydrogen-bond donors (Lipinski definition) is 2. The van der Waals surface area contributed by atoms with Gasteiger partial charge in [-0.3, -0.25) is 0 Å². The van der Waals surface area contributed by atoms with Crippen LogP contribution in [0, 0.1) is 5.92 Å². The number of H-pyrrole nitrogens is 1. The van der Waals surface area contributed by atoms with Crippen LogP contribution in [0.2, 0.25) is 0 Å². The highest BCUT2D eigenvalue weighted by Crippen LogP contribution is 2.47. The van der Waals surface area contributed by atoms with E-state index in [9.17, 15) is 5.21 Å². The average molecular weight is 228 g/mol. The molecule has 2 heterocycles. The molecule has 4 rings (SSSR count). The molecule has 88 valence electrons. The first kappa shape index (κ1) is 9.68. The van der Waals surface area contributed by atoms with Gasteiger partial charge in [0.25, 0.3) is 0 Å². The number of nitrogens with one attached hydrogen (secondary N) is 1. The Morgan fingerprint density at radius 1 is 1.24 bits per heavy atom. The minimum absolute atomic E-state index is 0.200. The van der Waals surface area contributed by atoms with Gasteiger partial charge >= 0.3 is 0 Å². The van der Waals surface area contributed by atoms with E-state index in [0.29, 0.717) is 5.92 Å². The standard InChI is InChI=1S/C14H16N2O/c17-16-8-7-11-10-3-1-2-4-12(10)15-13(11)14(16)9-5-6-9/h1-4,9,14-15,17H,5-8H2. The second-order valence-electron chi connectivity index (χ2n) is 5.26. The van der Waals surface area contributed by atoms with E-state index in [2.05, 4.69) is 29.2 Å². The summed E-state index contributed by atoms with van der Waals surface area (Å²) in [6.07, 6.45) is 3.44. The van der Waals surface area contributed by atoms with Crippen molar-refractivity contribution in [2.24, 2.45) is 5.92 Å². The van der Waals surface area contributed by atoms with Crippen LogP contribution in [0.4, 0.5) is 0 Å². The summed E-state index contributed by atoms with van der Waals surface area (Å²) in [6, 6.07) is 8.66. The topological polar surface area (TPSA) is 39.3 Å². The number of fused-ring (bicyclic) bond motifs is 3. The van der Waals surface area contributed by atoms with Crippen LogP contribution in [0.3, 0.4) is 0 Å². The fraction of sp³-hybridized carbons (Fsp3) is 0.429. The number of para-hydroxylation sites is 1. The van der Waals surface area contributed by atoms with Crippen molar-refractivity contribution in [2.45, 2.75) is 25.3 Å². The van der Waals surface area contributed by atoms with Gasteiger partial charge in [-0.1, -0.05) is 18.2 Å². The zero-order valence-electron chi connectivity index (χ0n) is 9.69. The van der Waals surface area contributed by atoms with E-state index >= 15 is 0 Å². The molecular weight excluding hydrogens is 212 g/mol. The summed E-state index contributed by atoms with van der Waals surface area (Å²) in [7, 11) is 0. The maximum absolute atomic E-state index is 10.1. The zero-order chi connectivity index (χ0) is 11.4. The minimum Gasteiger partial charge on any atom is -0.357 e. The molecule has 1 aliphatic heterocycles. The van der Waals surface area contributed by atoms with Crippen LogP contribution in [0.1, 0.15) is 30.1 Å². The van der Waals surface area contributed by atoms with Gasteiger partial charge in [-0.15, -0.1) is 0 Å². The van der Waals surface area contributed by atoms with Gasteiger partial charge in [0, 0.05) is 23.1 Å². The van der Waals surface area contributed by atoms with Gasteiger partial charge in [-0.2, -0.15) is 5.06 Å². The van der Waals surface area contributed by atoms with E-state index in [-0.39, 0.29) is 6.04 Å². The Kier molecular flexibility index (Phi) is 1.90. The second kappa shape index (κ2) is 3.34. The summed E-state index contributed by atoms with van der Waals surface area (Å²) in [4.78, 5) is 3.52. The van der Waals surface area contributed by atoms with Crippen molar-refractivity contribution < 1.29 is 5.21 Å². The molecule has 0 spiro atoms. The van der Waals surface area contributed by atoms with Crippen molar-refractivity contribution in [3.63, 3.8) is 0 Å². The second-order valence-corrected chi connectivity index (χ2v) is 5.26.